The molecule has 115 heavy (non-hydrogen) atoms. The molecule has 25 N–H and O–H groups in total. The van der Waals surface area contributed by atoms with Crippen molar-refractivity contribution in [3.05, 3.63) is 36.0 Å². The maximum absolute atomic E-state index is 14.2. The number of nitrogens with one attached hydrogen (secondary N) is 15. The first-order valence-electron chi connectivity index (χ1n) is 39.1. The Morgan fingerprint density at radius 2 is 1.01 bits per heavy atom. The molecule has 4 heterocycles. The number of fused-ring (bicyclic) bond motifs is 4. The summed E-state index contributed by atoms with van der Waals surface area (Å²) in [6.45, 7) is 12.4. The van der Waals surface area contributed by atoms with Crippen molar-refractivity contribution >= 4 is 129 Å². The van der Waals surface area contributed by atoms with E-state index in [-0.39, 0.29) is 56.5 Å². The van der Waals surface area contributed by atoms with E-state index >= 15 is 0 Å². The molecule has 1 aliphatic carbocycles. The van der Waals surface area contributed by atoms with Crippen molar-refractivity contribution < 1.29 is 97.1 Å². The lowest BCUT2D eigenvalue weighted by Gasteiger charge is -2.35. The van der Waals surface area contributed by atoms with Gasteiger partial charge in [-0.15, -0.1) is 0 Å². The zero-order chi connectivity index (χ0) is 85.2. The number of para-hydroxylation sites is 1. The molecule has 40 nitrogen and oxygen atoms in total. The number of likely N-dealkylation sites (tertiary alicyclic amines) is 1. The third kappa shape index (κ3) is 27.3. The van der Waals surface area contributed by atoms with Gasteiger partial charge in [-0.1, -0.05) is 18.2 Å². The number of benzene rings is 1. The lowest BCUT2D eigenvalue weighted by Crippen LogP contribution is -2.59. The van der Waals surface area contributed by atoms with E-state index in [1.165, 1.54) is 77.0 Å². The van der Waals surface area contributed by atoms with Crippen LogP contribution in [0.1, 0.15) is 158 Å². The number of carbonyl (C=O) groups excluding carboxylic acids is 17. The zero-order valence-electron chi connectivity index (χ0n) is 66.5. The fourth-order valence-corrected chi connectivity index (χ4v) is 15.3. The van der Waals surface area contributed by atoms with Crippen molar-refractivity contribution in [2.75, 3.05) is 31.9 Å². The minimum atomic E-state index is -1.52. The third-order valence-corrected chi connectivity index (χ3v) is 22.2. The quantitative estimate of drug-likeness (QED) is 0.0275. The molecule has 4 fully saturated rings. The molecule has 3 aliphatic heterocycles. The second-order valence-corrected chi connectivity index (χ2v) is 31.4. The minimum Gasteiger partial charge on any atom is -0.480 e. The predicted molar refractivity (Wildman–Crippen MR) is 417 cm³/mol. The summed E-state index contributed by atoms with van der Waals surface area (Å²) < 4.78 is 0. The number of aromatic amines is 1. The smallest absolute Gasteiger partial charge is 0.326 e. The Hall–Kier alpha value is -10.6. The molecule has 17 atom stereocenters. The monoisotopic (exact) mass is 1630 g/mol. The molecular weight excluding hydrogens is 1520 g/mol. The van der Waals surface area contributed by atoms with E-state index in [0.29, 0.717) is 76.6 Å². The zero-order valence-corrected chi connectivity index (χ0v) is 67.4. The first kappa shape index (κ1) is 93.3. The summed E-state index contributed by atoms with van der Waals surface area (Å²) in [4.78, 5) is 245. The van der Waals surface area contributed by atoms with Gasteiger partial charge in [-0.2, -0.15) is 11.8 Å². The maximum atomic E-state index is 14.2. The Morgan fingerprint density at radius 3 is 1.49 bits per heavy atom. The number of hydrogen-bond donors (Lipinski definition) is 20. The van der Waals surface area contributed by atoms with Gasteiger partial charge in [-0.05, 0) is 157 Å². The van der Waals surface area contributed by atoms with Gasteiger partial charge in [0.1, 0.15) is 90.6 Å². The second kappa shape index (κ2) is 44.4. The number of thioether (sulfide) groups is 1. The highest BCUT2D eigenvalue weighted by Gasteiger charge is 2.51. The van der Waals surface area contributed by atoms with Gasteiger partial charge >= 0.3 is 5.97 Å². The van der Waals surface area contributed by atoms with E-state index in [1.54, 1.807) is 6.20 Å². The van der Waals surface area contributed by atoms with Gasteiger partial charge in [0.25, 0.3) is 0 Å². The van der Waals surface area contributed by atoms with Crippen LogP contribution in [0.25, 0.3) is 10.9 Å². The highest BCUT2D eigenvalue weighted by Crippen LogP contribution is 2.38. The lowest BCUT2D eigenvalue weighted by atomic mass is 9.85. The molecule has 2 aromatic rings. The Bertz CT molecular complexity index is 3880. The van der Waals surface area contributed by atoms with Crippen molar-refractivity contribution in [3.8, 4) is 0 Å². The van der Waals surface area contributed by atoms with Gasteiger partial charge in [0, 0.05) is 72.5 Å². The molecule has 0 unspecified atom stereocenters. The number of aliphatic carboxylic acids is 1. The molecular formula is C74H116N21O19S+. The molecule has 6 rings (SSSR count). The van der Waals surface area contributed by atoms with E-state index in [1.807, 2.05) is 24.3 Å². The Balaban J connectivity index is 0.873. The van der Waals surface area contributed by atoms with Crippen LogP contribution in [-0.4, -0.2) is 266 Å². The number of quaternary nitrogens is 1. The van der Waals surface area contributed by atoms with Crippen LogP contribution in [0.3, 0.4) is 0 Å². The number of carboxylic acid groups (broad SMARTS) is 1. The van der Waals surface area contributed by atoms with Crippen molar-refractivity contribution in [3.63, 3.8) is 0 Å². The summed E-state index contributed by atoms with van der Waals surface area (Å²) in [5.41, 5.74) is 23.0. The SMILES string of the molecule is CC(=O)N[C@@H](CC(=O)N1C[C@@H]2C[C@H]1C(=O)N1[C@@H](CC[C@H]1C(=O)N[C@@H](C)C(=O)N[C@@H](C)C(=O)N[C@@H](C)C(=O)N[C@@H](C)C(=O)N[C@@H](C)C(=O)N[C@@H](C)C(=O)N[C@@H](C)C(=O)N[C@@H](C)C(=O)N[C@@H](CN)C(=O)NC1CCC(C(=O)N[C@@H](CCCC[NH3+])C(=O)N[C@@H](CCCCN)C(=O)N[C@@H](Cc3c[nH]c4ccccc34)C(N)=O)CC1)CS2)C(=O)O. The van der Waals surface area contributed by atoms with E-state index in [4.69, 9.17) is 17.2 Å². The number of amides is 17. The number of H-pyrrole nitrogens is 1. The van der Waals surface area contributed by atoms with E-state index < -0.39 is 215 Å². The topological polar surface area (TPSA) is 624 Å². The van der Waals surface area contributed by atoms with Gasteiger partial charge in [0.15, 0.2) is 0 Å². The molecule has 3 saturated heterocycles. The molecule has 41 heteroatoms. The summed E-state index contributed by atoms with van der Waals surface area (Å²) >= 11 is 1.53. The Labute approximate surface area is 670 Å². The van der Waals surface area contributed by atoms with Crippen LogP contribution < -0.4 is 97.4 Å². The molecule has 4 aliphatic rings. The van der Waals surface area contributed by atoms with Crippen LogP contribution >= 0.6 is 11.8 Å². The van der Waals surface area contributed by atoms with Crippen molar-refractivity contribution in [1.29, 1.82) is 0 Å². The number of carboxylic acids is 1. The van der Waals surface area contributed by atoms with Crippen LogP contribution in [0, 0.1) is 5.92 Å². The Kier molecular flexibility index (Phi) is 36.0. The number of carbonyl (C=O) groups is 18. The standard InChI is InChI=1S/C74H115N21O19S/c1-35(81-62(101)37(3)83-64(103)39(5)85-66(105)41(7)87-72(111)56-25-24-47-34-115-48-29-57(73(112)95(47)56)94(33-48)58(97)30-54(74(113)114)88-43(9)96)60(99)80-36(2)61(100)82-38(4)63(102)84-40(6)65(104)86-42(8)67(106)93-55(31-77)71(110)89-46-22-20-44(21-23-46)68(107)90-51(18-12-14-26-75)69(108)91-52(19-13-15-27-76)70(109)92-53(59(78)98)28-45-32-79-50-17-11-10-16-49(45)50/h10-11,16-17,32,35-42,44,46-48,51-57,79H,12-15,18-31,33-34,75-77H2,1-9H3,(H2,78,98)(H,80,99)(H,81,101)(H,82,100)(H,83,103)(H,84,102)(H,85,105)(H,86,104)(H,87,111)(H,88,96)(H,89,110)(H,90,107)(H,91,108)(H,92,109)(H,93,106)(H,113,114)/p+1/t35-,36-,37-,38-,39-,40-,41-,42-,44?,46?,47-,48-,51-,52-,53-,54-,55-,56-,57-/m0/s1. The number of aromatic nitrogens is 1. The van der Waals surface area contributed by atoms with Crippen LogP contribution in [0.15, 0.2) is 30.5 Å². The summed E-state index contributed by atoms with van der Waals surface area (Å²) in [7, 11) is 0. The molecule has 1 aromatic carbocycles. The molecule has 0 spiro atoms. The van der Waals surface area contributed by atoms with Crippen molar-refractivity contribution in [1.82, 2.24) is 89.2 Å². The lowest BCUT2D eigenvalue weighted by molar-refractivity contribution is -0.368. The molecule has 2 bridgehead atoms. The van der Waals surface area contributed by atoms with Gasteiger partial charge < -0.3 is 117 Å². The van der Waals surface area contributed by atoms with Crippen LogP contribution in [0.2, 0.25) is 0 Å². The molecule has 17 amide bonds. The average molecular weight is 1640 g/mol. The van der Waals surface area contributed by atoms with Gasteiger partial charge in [-0.25, -0.2) is 4.79 Å². The Morgan fingerprint density at radius 1 is 0.539 bits per heavy atom. The fraction of sp³-hybridized carbons (Fsp3) is 0.649. The van der Waals surface area contributed by atoms with Crippen molar-refractivity contribution in [2.24, 2.45) is 23.1 Å². The van der Waals surface area contributed by atoms with E-state index in [0.717, 1.165) is 23.4 Å². The van der Waals surface area contributed by atoms with Crippen LogP contribution in [0.4, 0.5) is 0 Å². The number of nitrogens with zero attached hydrogens (tertiary/aromatic N) is 2. The highest BCUT2D eigenvalue weighted by atomic mass is 32.2. The fourth-order valence-electron chi connectivity index (χ4n) is 13.9. The average Bonchev–Trinajstić information content (AvgIpc) is 1.62. The van der Waals surface area contributed by atoms with E-state index in [9.17, 15) is 91.4 Å². The molecule has 1 saturated carbocycles. The third-order valence-electron chi connectivity index (χ3n) is 20.8. The largest absolute Gasteiger partial charge is 0.480 e. The molecule has 0 radical (unpaired) electrons. The highest BCUT2D eigenvalue weighted by molar-refractivity contribution is 8.00. The summed E-state index contributed by atoms with van der Waals surface area (Å²) in [6, 6.07) is -11.5. The van der Waals surface area contributed by atoms with E-state index in [2.05, 4.69) is 85.2 Å². The normalized spacial score (nSPS) is 21.1. The molecule has 636 valence electrons. The van der Waals surface area contributed by atoms with Crippen LogP contribution in [-0.2, 0) is 92.7 Å². The molecule has 1 aromatic heterocycles. The number of unbranched alkanes of at least 4 members (excludes halogenated alkanes) is 2. The van der Waals surface area contributed by atoms with Crippen LogP contribution in [0.5, 0.6) is 0 Å². The summed E-state index contributed by atoms with van der Waals surface area (Å²) in [5.74, 6) is -13.6. The summed E-state index contributed by atoms with van der Waals surface area (Å²) in [5, 5.41) is 46.0. The van der Waals surface area contributed by atoms with Gasteiger partial charge in [-0.3, -0.25) is 81.5 Å². The maximum Gasteiger partial charge on any atom is 0.326 e. The summed E-state index contributed by atoms with van der Waals surface area (Å²) in [6.07, 6.45) is 6.19. The number of nitrogens with two attached hydrogens (primary N) is 3. The first-order valence-corrected chi connectivity index (χ1v) is 40.1. The van der Waals surface area contributed by atoms with Gasteiger partial charge in [0.2, 0.25) is 100 Å². The van der Waals surface area contributed by atoms with Gasteiger partial charge in [0.05, 0.1) is 13.0 Å². The minimum absolute atomic E-state index is 0.0912. The predicted octanol–water partition coefficient (Wildman–Crippen LogP) is -6.60. The number of rotatable bonds is 42. The number of primary amides is 1. The first-order chi connectivity index (χ1) is 54.4. The second-order valence-electron chi connectivity index (χ2n) is 30.0. The number of hydrogen-bond acceptors (Lipinski definition) is 21. The van der Waals surface area contributed by atoms with Crippen molar-refractivity contribution in [2.45, 2.75) is 267 Å².